The molecule has 0 unspecified atom stereocenters. The maximum Gasteiger partial charge on any atom is 0.188 e. The number of anilines is 2. The lowest BCUT2D eigenvalue weighted by Crippen LogP contribution is -1.93. The molecule has 1 heterocycles. The second-order valence-corrected chi connectivity index (χ2v) is 5.20. The molecule has 20 heavy (non-hydrogen) atoms. The first kappa shape index (κ1) is 14.3. The molecule has 0 bridgehead atoms. The zero-order chi connectivity index (χ0) is 14.5. The summed E-state index contributed by atoms with van der Waals surface area (Å²) >= 11 is 1.46. The van der Waals surface area contributed by atoms with Crippen LogP contribution in [0.15, 0.2) is 29.4 Å². The number of rotatable bonds is 5. The Morgan fingerprint density at radius 1 is 1.40 bits per heavy atom. The van der Waals surface area contributed by atoms with Gasteiger partial charge < -0.3 is 15.3 Å². The van der Waals surface area contributed by atoms with E-state index in [1.165, 1.54) is 11.3 Å². The minimum atomic E-state index is 0.569. The molecule has 1 aromatic heterocycles. The highest BCUT2D eigenvalue weighted by atomic mass is 32.1. The Hall–Kier alpha value is -2.08. The van der Waals surface area contributed by atoms with Crippen molar-refractivity contribution in [3.8, 4) is 5.75 Å². The van der Waals surface area contributed by atoms with Crippen molar-refractivity contribution in [3.05, 3.63) is 34.8 Å². The lowest BCUT2D eigenvalue weighted by molar-refractivity contribution is 0.319. The summed E-state index contributed by atoms with van der Waals surface area (Å²) < 4.78 is 5.40. The molecule has 0 aliphatic heterocycles. The van der Waals surface area contributed by atoms with Crippen molar-refractivity contribution in [3.63, 3.8) is 0 Å². The van der Waals surface area contributed by atoms with E-state index in [4.69, 9.17) is 9.94 Å². The first-order chi connectivity index (χ1) is 9.63. The first-order valence-corrected chi connectivity index (χ1v) is 7.12. The zero-order valence-electron chi connectivity index (χ0n) is 11.7. The molecule has 0 atom stereocenters. The quantitative estimate of drug-likeness (QED) is 0.499. The van der Waals surface area contributed by atoms with E-state index in [1.807, 2.05) is 38.1 Å². The molecule has 0 fully saturated rings. The first-order valence-electron chi connectivity index (χ1n) is 6.30. The molecule has 2 N–H and O–H groups in total. The summed E-state index contributed by atoms with van der Waals surface area (Å²) in [6, 6.07) is 7.70. The third kappa shape index (κ3) is 3.27. The predicted molar refractivity (Wildman–Crippen MR) is 81.7 cm³/mol. The molecule has 0 amide bonds. The van der Waals surface area contributed by atoms with E-state index in [0.29, 0.717) is 12.3 Å². The van der Waals surface area contributed by atoms with Gasteiger partial charge in [0, 0.05) is 5.69 Å². The van der Waals surface area contributed by atoms with E-state index in [1.54, 1.807) is 6.92 Å². The smallest absolute Gasteiger partial charge is 0.188 e. The number of aryl methyl sites for hydroxylation is 1. The molecular formula is C14H17N3O2S. The molecule has 0 aliphatic rings. The van der Waals surface area contributed by atoms with E-state index < -0.39 is 0 Å². The fraction of sp³-hybridized carbons (Fsp3) is 0.286. The summed E-state index contributed by atoms with van der Waals surface area (Å²) in [6.07, 6.45) is 0. The van der Waals surface area contributed by atoms with Crippen LogP contribution in [0.1, 0.15) is 24.4 Å². The fourth-order valence-corrected chi connectivity index (χ4v) is 2.68. The molecular weight excluding hydrogens is 274 g/mol. The Morgan fingerprint density at radius 2 is 2.10 bits per heavy atom. The van der Waals surface area contributed by atoms with E-state index in [-0.39, 0.29) is 0 Å². The van der Waals surface area contributed by atoms with Gasteiger partial charge in [-0.25, -0.2) is 4.98 Å². The lowest BCUT2D eigenvalue weighted by atomic mass is 10.3. The molecule has 0 saturated carbocycles. The molecule has 2 aromatic rings. The number of oxime groups is 1. The summed E-state index contributed by atoms with van der Waals surface area (Å²) in [4.78, 5) is 5.29. The van der Waals surface area contributed by atoms with Crippen molar-refractivity contribution in [2.24, 2.45) is 5.16 Å². The summed E-state index contributed by atoms with van der Waals surface area (Å²) in [7, 11) is 0. The lowest BCUT2D eigenvalue weighted by Gasteiger charge is -2.05. The summed E-state index contributed by atoms with van der Waals surface area (Å²) in [6.45, 7) is 6.25. The third-order valence-electron chi connectivity index (χ3n) is 2.69. The van der Waals surface area contributed by atoms with Gasteiger partial charge in [-0.1, -0.05) is 16.5 Å². The molecule has 0 saturated heterocycles. The SMILES string of the molecule is CCOc1ccc(Nc2nc(C)c(/C(C)=N/O)s2)cc1. The van der Waals surface area contributed by atoms with Crippen molar-refractivity contribution >= 4 is 27.9 Å². The van der Waals surface area contributed by atoms with Gasteiger partial charge in [-0.2, -0.15) is 0 Å². The standard InChI is InChI=1S/C14H17N3O2S/c1-4-19-12-7-5-11(6-8-12)16-14-15-9(2)13(20-14)10(3)17-18/h5-8,18H,4H2,1-3H3,(H,15,16)/b17-10+. The Labute approximate surface area is 121 Å². The Kier molecular flexibility index (Phi) is 4.57. The number of hydrogen-bond donors (Lipinski definition) is 2. The Bertz CT molecular complexity index is 605. The number of thiazole rings is 1. The third-order valence-corrected chi connectivity index (χ3v) is 3.87. The predicted octanol–water partition coefficient (Wildman–Crippen LogP) is 3.79. The van der Waals surface area contributed by atoms with Crippen LogP contribution in [-0.2, 0) is 0 Å². The van der Waals surface area contributed by atoms with Crippen LogP contribution in [0.4, 0.5) is 10.8 Å². The minimum Gasteiger partial charge on any atom is -0.494 e. The van der Waals surface area contributed by atoms with Crippen molar-refractivity contribution in [2.75, 3.05) is 11.9 Å². The van der Waals surface area contributed by atoms with Crippen molar-refractivity contribution in [1.29, 1.82) is 0 Å². The van der Waals surface area contributed by atoms with Crippen LogP contribution in [0.5, 0.6) is 5.75 Å². The van der Waals surface area contributed by atoms with Gasteiger partial charge in [0.2, 0.25) is 0 Å². The minimum absolute atomic E-state index is 0.569. The molecule has 0 radical (unpaired) electrons. The number of ether oxygens (including phenoxy) is 1. The fourth-order valence-electron chi connectivity index (χ4n) is 1.76. The monoisotopic (exact) mass is 291 g/mol. The van der Waals surface area contributed by atoms with Gasteiger partial charge in [-0.3, -0.25) is 0 Å². The van der Waals surface area contributed by atoms with Crippen LogP contribution in [0.2, 0.25) is 0 Å². The Morgan fingerprint density at radius 3 is 2.70 bits per heavy atom. The summed E-state index contributed by atoms with van der Waals surface area (Å²) in [5, 5.41) is 16.0. The second kappa shape index (κ2) is 6.38. The van der Waals surface area contributed by atoms with E-state index in [0.717, 1.165) is 27.1 Å². The number of benzene rings is 1. The van der Waals surface area contributed by atoms with Crippen LogP contribution >= 0.6 is 11.3 Å². The van der Waals surface area contributed by atoms with Gasteiger partial charge >= 0.3 is 0 Å². The average Bonchev–Trinajstić information content (AvgIpc) is 2.81. The number of nitrogens with one attached hydrogen (secondary N) is 1. The highest BCUT2D eigenvalue weighted by Crippen LogP contribution is 2.27. The summed E-state index contributed by atoms with van der Waals surface area (Å²) in [5.41, 5.74) is 2.35. The topological polar surface area (TPSA) is 66.7 Å². The van der Waals surface area contributed by atoms with E-state index >= 15 is 0 Å². The van der Waals surface area contributed by atoms with Gasteiger partial charge in [-0.15, -0.1) is 0 Å². The maximum atomic E-state index is 8.83. The molecule has 1 aromatic carbocycles. The van der Waals surface area contributed by atoms with E-state index in [2.05, 4.69) is 15.5 Å². The van der Waals surface area contributed by atoms with Crippen LogP contribution in [-0.4, -0.2) is 22.5 Å². The summed E-state index contributed by atoms with van der Waals surface area (Å²) in [5.74, 6) is 0.845. The van der Waals surface area contributed by atoms with Gasteiger partial charge in [0.05, 0.1) is 22.9 Å². The largest absolute Gasteiger partial charge is 0.494 e. The second-order valence-electron chi connectivity index (χ2n) is 4.20. The molecule has 106 valence electrons. The average molecular weight is 291 g/mol. The van der Waals surface area contributed by atoms with Gasteiger partial charge in [-0.05, 0) is 45.0 Å². The molecule has 6 heteroatoms. The number of aromatic nitrogens is 1. The Balaban J connectivity index is 2.14. The van der Waals surface area contributed by atoms with Crippen LogP contribution < -0.4 is 10.1 Å². The van der Waals surface area contributed by atoms with Gasteiger partial charge in [0.1, 0.15) is 5.75 Å². The molecule has 0 aliphatic carbocycles. The molecule has 5 nitrogen and oxygen atoms in total. The highest BCUT2D eigenvalue weighted by molar-refractivity contribution is 7.17. The number of nitrogens with zero attached hydrogens (tertiary/aromatic N) is 2. The van der Waals surface area contributed by atoms with Crippen LogP contribution in [0.3, 0.4) is 0 Å². The van der Waals surface area contributed by atoms with E-state index in [9.17, 15) is 0 Å². The maximum absolute atomic E-state index is 8.83. The molecule has 2 rings (SSSR count). The highest BCUT2D eigenvalue weighted by Gasteiger charge is 2.10. The number of hydrogen-bond acceptors (Lipinski definition) is 6. The van der Waals surface area contributed by atoms with Crippen LogP contribution in [0.25, 0.3) is 0 Å². The molecule has 0 spiro atoms. The zero-order valence-corrected chi connectivity index (χ0v) is 12.5. The van der Waals surface area contributed by atoms with Crippen molar-refractivity contribution < 1.29 is 9.94 Å². The van der Waals surface area contributed by atoms with Gasteiger partial charge in [0.15, 0.2) is 5.13 Å². The normalized spacial score (nSPS) is 11.4. The van der Waals surface area contributed by atoms with Crippen LogP contribution in [0, 0.1) is 6.92 Å². The van der Waals surface area contributed by atoms with Crippen molar-refractivity contribution in [1.82, 2.24) is 4.98 Å². The van der Waals surface area contributed by atoms with Crippen molar-refractivity contribution in [2.45, 2.75) is 20.8 Å². The van der Waals surface area contributed by atoms with Gasteiger partial charge in [0.25, 0.3) is 0 Å².